The molecule has 0 unspecified atom stereocenters. The fraction of sp³-hybridized carbons (Fsp3) is 0.200. The maximum atomic E-state index is 12.8. The Hall–Kier alpha value is -1.20. The maximum Gasteiger partial charge on any atom is 0.240 e. The summed E-state index contributed by atoms with van der Waals surface area (Å²) in [6.07, 6.45) is 0. The van der Waals surface area contributed by atoms with Gasteiger partial charge in [-0.2, -0.15) is 0 Å². The first kappa shape index (κ1) is 11.9. The molecule has 0 aromatic heterocycles. The second kappa shape index (κ2) is 4.55. The summed E-state index contributed by atoms with van der Waals surface area (Å²) in [5.41, 5.74) is 0.690. The van der Waals surface area contributed by atoms with Gasteiger partial charge in [-0.25, -0.2) is 17.5 Å². The predicted molar refractivity (Wildman–Crippen MR) is 56.4 cm³/mol. The van der Waals surface area contributed by atoms with Gasteiger partial charge in [-0.05, 0) is 25.1 Å². The fourth-order valence-corrected chi connectivity index (χ4v) is 2.06. The lowest BCUT2D eigenvalue weighted by Gasteiger charge is -2.05. The van der Waals surface area contributed by atoms with Gasteiger partial charge in [0, 0.05) is 6.54 Å². The van der Waals surface area contributed by atoms with E-state index in [2.05, 4.69) is 11.3 Å². The average molecular weight is 229 g/mol. The Labute approximate surface area is 88.7 Å². The molecular weight excluding hydrogens is 217 g/mol. The molecule has 0 fully saturated rings. The van der Waals surface area contributed by atoms with Crippen molar-refractivity contribution in [3.8, 4) is 0 Å². The molecule has 1 aromatic carbocycles. The van der Waals surface area contributed by atoms with Crippen LogP contribution in [-0.2, 0) is 10.0 Å². The van der Waals surface area contributed by atoms with E-state index in [4.69, 9.17) is 0 Å². The minimum atomic E-state index is -3.63. The van der Waals surface area contributed by atoms with Crippen LogP contribution in [0.4, 0.5) is 4.39 Å². The van der Waals surface area contributed by atoms with Gasteiger partial charge in [0.2, 0.25) is 10.0 Å². The van der Waals surface area contributed by atoms with Crippen LogP contribution in [0.5, 0.6) is 0 Å². The van der Waals surface area contributed by atoms with E-state index >= 15 is 0 Å². The molecule has 0 amide bonds. The topological polar surface area (TPSA) is 46.2 Å². The van der Waals surface area contributed by atoms with Crippen molar-refractivity contribution < 1.29 is 12.8 Å². The van der Waals surface area contributed by atoms with Gasteiger partial charge in [0.15, 0.2) is 0 Å². The van der Waals surface area contributed by atoms with Crippen molar-refractivity contribution in [2.24, 2.45) is 0 Å². The second-order valence-electron chi connectivity index (χ2n) is 3.24. The standard InChI is InChI=1S/C10H12FNO2S/c1-8(2)7-12-15(13,14)10-5-3-4-9(11)6-10/h3-6,12H,1,7H2,2H3. The van der Waals surface area contributed by atoms with E-state index in [0.29, 0.717) is 5.57 Å². The highest BCUT2D eigenvalue weighted by molar-refractivity contribution is 7.89. The largest absolute Gasteiger partial charge is 0.240 e. The average Bonchev–Trinajstić information content (AvgIpc) is 2.15. The highest BCUT2D eigenvalue weighted by atomic mass is 32.2. The van der Waals surface area contributed by atoms with E-state index in [9.17, 15) is 12.8 Å². The highest BCUT2D eigenvalue weighted by Gasteiger charge is 2.13. The Morgan fingerprint density at radius 3 is 2.73 bits per heavy atom. The Balaban J connectivity index is 2.91. The molecule has 0 saturated carbocycles. The van der Waals surface area contributed by atoms with Crippen LogP contribution in [0.1, 0.15) is 6.92 Å². The summed E-state index contributed by atoms with van der Waals surface area (Å²) in [7, 11) is -3.63. The maximum absolute atomic E-state index is 12.8. The van der Waals surface area contributed by atoms with Crippen molar-refractivity contribution >= 4 is 10.0 Å². The van der Waals surface area contributed by atoms with Crippen LogP contribution in [0.3, 0.4) is 0 Å². The van der Waals surface area contributed by atoms with Crippen molar-refractivity contribution in [1.82, 2.24) is 4.72 Å². The summed E-state index contributed by atoms with van der Waals surface area (Å²) < 4.78 is 38.2. The van der Waals surface area contributed by atoms with Gasteiger partial charge < -0.3 is 0 Å². The van der Waals surface area contributed by atoms with Crippen LogP contribution in [0.2, 0.25) is 0 Å². The van der Waals surface area contributed by atoms with Gasteiger partial charge in [0.25, 0.3) is 0 Å². The van der Waals surface area contributed by atoms with Crippen molar-refractivity contribution in [3.05, 3.63) is 42.2 Å². The summed E-state index contributed by atoms with van der Waals surface area (Å²) in [6.45, 7) is 5.42. The van der Waals surface area contributed by atoms with E-state index in [1.165, 1.54) is 18.2 Å². The zero-order chi connectivity index (χ0) is 11.5. The first-order chi connectivity index (χ1) is 6.92. The van der Waals surface area contributed by atoms with Crippen molar-refractivity contribution in [3.63, 3.8) is 0 Å². The van der Waals surface area contributed by atoms with E-state index < -0.39 is 15.8 Å². The number of halogens is 1. The molecular formula is C10H12FNO2S. The zero-order valence-electron chi connectivity index (χ0n) is 8.33. The summed E-state index contributed by atoms with van der Waals surface area (Å²) in [6, 6.07) is 4.85. The minimum Gasteiger partial charge on any atom is -0.207 e. The van der Waals surface area contributed by atoms with Crippen LogP contribution >= 0.6 is 0 Å². The molecule has 0 atom stereocenters. The summed E-state index contributed by atoms with van der Waals surface area (Å²) in [5, 5.41) is 0. The molecule has 0 aliphatic carbocycles. The van der Waals surface area contributed by atoms with Gasteiger partial charge in [0.05, 0.1) is 4.90 Å². The molecule has 1 N–H and O–H groups in total. The Morgan fingerprint density at radius 1 is 1.53 bits per heavy atom. The van der Waals surface area contributed by atoms with Gasteiger partial charge >= 0.3 is 0 Å². The number of sulfonamides is 1. The van der Waals surface area contributed by atoms with Crippen LogP contribution in [0.25, 0.3) is 0 Å². The van der Waals surface area contributed by atoms with Crippen molar-refractivity contribution in [2.75, 3.05) is 6.54 Å². The van der Waals surface area contributed by atoms with Crippen molar-refractivity contribution in [2.45, 2.75) is 11.8 Å². The third-order valence-electron chi connectivity index (χ3n) is 1.67. The first-order valence-electron chi connectivity index (χ1n) is 4.31. The first-order valence-corrected chi connectivity index (χ1v) is 5.80. The van der Waals surface area contributed by atoms with E-state index in [1.54, 1.807) is 6.92 Å². The summed E-state index contributed by atoms with van der Waals surface area (Å²) in [5.74, 6) is -0.576. The van der Waals surface area contributed by atoms with Gasteiger partial charge in [-0.3, -0.25) is 0 Å². The minimum absolute atomic E-state index is 0.0799. The van der Waals surface area contributed by atoms with Crippen LogP contribution < -0.4 is 4.72 Å². The monoisotopic (exact) mass is 229 g/mol. The van der Waals surface area contributed by atoms with Crippen molar-refractivity contribution in [1.29, 1.82) is 0 Å². The molecule has 82 valence electrons. The molecule has 0 saturated heterocycles. The fourth-order valence-electron chi connectivity index (χ4n) is 0.936. The normalized spacial score (nSPS) is 11.3. The molecule has 5 heteroatoms. The molecule has 0 heterocycles. The molecule has 15 heavy (non-hydrogen) atoms. The smallest absolute Gasteiger partial charge is 0.207 e. The second-order valence-corrected chi connectivity index (χ2v) is 5.01. The van der Waals surface area contributed by atoms with E-state index in [-0.39, 0.29) is 11.4 Å². The summed E-state index contributed by atoms with van der Waals surface area (Å²) in [4.78, 5) is -0.0799. The number of rotatable bonds is 4. The lowest BCUT2D eigenvalue weighted by atomic mass is 10.4. The van der Waals surface area contributed by atoms with Gasteiger partial charge in [-0.1, -0.05) is 18.2 Å². The lowest BCUT2D eigenvalue weighted by molar-refractivity contribution is 0.580. The van der Waals surface area contributed by atoms with Crippen LogP contribution in [-0.4, -0.2) is 15.0 Å². The van der Waals surface area contributed by atoms with Crippen LogP contribution in [0.15, 0.2) is 41.3 Å². The highest BCUT2D eigenvalue weighted by Crippen LogP contribution is 2.10. The molecule has 0 radical (unpaired) electrons. The predicted octanol–water partition coefficient (Wildman–Crippen LogP) is 1.68. The Morgan fingerprint density at radius 2 is 2.20 bits per heavy atom. The molecule has 3 nitrogen and oxygen atoms in total. The molecule has 0 aliphatic heterocycles. The Bertz CT molecular complexity index is 468. The number of hydrogen-bond donors (Lipinski definition) is 1. The third-order valence-corrected chi connectivity index (χ3v) is 3.07. The number of hydrogen-bond acceptors (Lipinski definition) is 2. The van der Waals surface area contributed by atoms with Gasteiger partial charge in [-0.15, -0.1) is 0 Å². The molecule has 0 aliphatic rings. The lowest BCUT2D eigenvalue weighted by Crippen LogP contribution is -2.25. The van der Waals surface area contributed by atoms with Crippen LogP contribution in [0, 0.1) is 5.82 Å². The number of benzene rings is 1. The molecule has 0 bridgehead atoms. The Kier molecular flexibility index (Phi) is 3.60. The van der Waals surface area contributed by atoms with Gasteiger partial charge in [0.1, 0.15) is 5.82 Å². The third kappa shape index (κ3) is 3.45. The number of nitrogens with one attached hydrogen (secondary N) is 1. The molecule has 1 aromatic rings. The zero-order valence-corrected chi connectivity index (χ0v) is 9.14. The SMILES string of the molecule is C=C(C)CNS(=O)(=O)c1cccc(F)c1. The quantitative estimate of drug-likeness (QED) is 0.798. The molecule has 0 spiro atoms. The summed E-state index contributed by atoms with van der Waals surface area (Å²) >= 11 is 0. The van der Waals surface area contributed by atoms with E-state index in [0.717, 1.165) is 6.07 Å². The molecule has 1 rings (SSSR count). The van der Waals surface area contributed by atoms with E-state index in [1.807, 2.05) is 0 Å².